The first-order chi connectivity index (χ1) is 21.3. The maximum atomic E-state index is 13.8. The van der Waals surface area contributed by atoms with E-state index in [0.29, 0.717) is 32.8 Å². The molecule has 8 nitrogen and oxygen atoms in total. The van der Waals surface area contributed by atoms with Crippen LogP contribution >= 0.6 is 11.3 Å². The van der Waals surface area contributed by atoms with Crippen molar-refractivity contribution in [2.24, 2.45) is 0 Å². The summed E-state index contributed by atoms with van der Waals surface area (Å²) in [5, 5.41) is 36.3. The minimum Gasteiger partial charge on any atom is -0.484 e. The Labute approximate surface area is 259 Å². The second-order valence-electron chi connectivity index (χ2n) is 10.0. The first-order valence-corrected chi connectivity index (χ1v) is 14.0. The summed E-state index contributed by atoms with van der Waals surface area (Å²) in [6.45, 7) is 1.92. The Hall–Kier alpha value is -5.50. The van der Waals surface area contributed by atoms with E-state index in [0.717, 1.165) is 26.0 Å². The number of allylic oxidation sites excluding steroid dienone is 6. The fourth-order valence-corrected chi connectivity index (χ4v) is 5.41. The Morgan fingerprint density at radius 2 is 1.09 bits per heavy atom. The molecule has 0 radical (unpaired) electrons. The van der Waals surface area contributed by atoms with Gasteiger partial charge in [0.1, 0.15) is 81.4 Å². The van der Waals surface area contributed by atoms with E-state index in [1.165, 1.54) is 35.6 Å². The van der Waals surface area contributed by atoms with Gasteiger partial charge in [0, 0.05) is 12.8 Å². The van der Waals surface area contributed by atoms with Gasteiger partial charge in [0.2, 0.25) is 11.8 Å². The van der Waals surface area contributed by atoms with Crippen LogP contribution in [0.25, 0.3) is 33.4 Å². The van der Waals surface area contributed by atoms with Crippen molar-refractivity contribution in [2.45, 2.75) is 38.5 Å². The van der Waals surface area contributed by atoms with E-state index in [9.17, 15) is 17.6 Å². The monoisotopic (exact) mass is 634 g/mol. The molecule has 0 saturated heterocycles. The van der Waals surface area contributed by atoms with Crippen molar-refractivity contribution < 1.29 is 35.9 Å². The Morgan fingerprint density at radius 1 is 0.711 bits per heavy atom. The molecule has 1 aliphatic heterocycles. The fourth-order valence-electron chi connectivity index (χ4n) is 4.30. The Kier molecular flexibility index (Phi) is 9.67. The zero-order chi connectivity index (χ0) is 32.8. The zero-order valence-corrected chi connectivity index (χ0v) is 24.6. The van der Waals surface area contributed by atoms with Crippen molar-refractivity contribution >= 4 is 23.5 Å². The van der Waals surface area contributed by atoms with E-state index < -0.39 is 24.7 Å². The van der Waals surface area contributed by atoms with E-state index in [1.54, 1.807) is 36.4 Å². The van der Waals surface area contributed by atoms with Crippen LogP contribution in [0.3, 0.4) is 0 Å². The third kappa shape index (κ3) is 8.54. The van der Waals surface area contributed by atoms with Crippen LogP contribution in [-0.2, 0) is 0 Å². The molecule has 0 spiro atoms. The molecule has 0 unspecified atom stereocenters. The normalized spacial score (nSPS) is 13.2. The number of hydrogen-bond acceptors (Lipinski definition) is 9. The summed E-state index contributed by atoms with van der Waals surface area (Å²) in [6.07, 6.45) is 3.32. The van der Waals surface area contributed by atoms with Crippen LogP contribution in [0.2, 0.25) is 0 Å². The lowest BCUT2D eigenvalue weighted by Crippen LogP contribution is -2.14. The van der Waals surface area contributed by atoms with Gasteiger partial charge in [-0.15, -0.1) is 11.3 Å². The molecule has 45 heavy (non-hydrogen) atoms. The van der Waals surface area contributed by atoms with Gasteiger partial charge in [0.15, 0.2) is 11.5 Å². The lowest BCUT2D eigenvalue weighted by Gasteiger charge is -2.16. The highest BCUT2D eigenvalue weighted by Gasteiger charge is 2.30. The summed E-state index contributed by atoms with van der Waals surface area (Å²) in [4.78, 5) is 1.00. The molecule has 4 rings (SSSR count). The van der Waals surface area contributed by atoms with Crippen molar-refractivity contribution in [2.75, 3.05) is 13.2 Å². The van der Waals surface area contributed by atoms with Crippen LogP contribution in [0.4, 0.5) is 17.6 Å². The molecule has 0 bridgehead atoms. The maximum absolute atomic E-state index is 13.8. The standard InChI is InChI=1S/C32H22F4N4O4S/c1-31(33,34)13-19(9-21(15-37)16-38)11-23-3-5-25(43-23)29-27-28(42-8-7-41-27)30(45-29)26-6-4-24(44-26)12-20(14-32(2,35)36)10-22(17-39)18-40/h3-6,9-12H,7-8,13-14H2,1-2H3/b19-11+,20-12+. The lowest BCUT2D eigenvalue weighted by atomic mass is 10.0. The number of furan rings is 2. The van der Waals surface area contributed by atoms with Gasteiger partial charge in [-0.25, -0.2) is 17.6 Å². The summed E-state index contributed by atoms with van der Waals surface area (Å²) >= 11 is 1.19. The van der Waals surface area contributed by atoms with Gasteiger partial charge < -0.3 is 18.3 Å². The minimum atomic E-state index is -3.11. The first-order valence-electron chi connectivity index (χ1n) is 13.2. The summed E-state index contributed by atoms with van der Waals surface area (Å²) in [5.74, 6) is -4.50. The summed E-state index contributed by atoms with van der Waals surface area (Å²) in [7, 11) is 0. The number of thiophene rings is 1. The van der Waals surface area contributed by atoms with Crippen molar-refractivity contribution in [3.63, 3.8) is 0 Å². The van der Waals surface area contributed by atoms with Crippen molar-refractivity contribution in [1.82, 2.24) is 0 Å². The number of ether oxygens (including phenoxy) is 2. The zero-order valence-electron chi connectivity index (χ0n) is 23.8. The van der Waals surface area contributed by atoms with E-state index in [-0.39, 0.29) is 47.0 Å². The number of nitrogens with zero attached hydrogens (tertiary/aromatic N) is 4. The van der Waals surface area contributed by atoms with Gasteiger partial charge in [-0.2, -0.15) is 21.0 Å². The van der Waals surface area contributed by atoms with Crippen molar-refractivity contribution in [1.29, 1.82) is 21.0 Å². The Balaban J connectivity index is 1.73. The maximum Gasteiger partial charge on any atom is 0.249 e. The van der Waals surface area contributed by atoms with Gasteiger partial charge in [-0.05, 0) is 73.6 Å². The van der Waals surface area contributed by atoms with Crippen molar-refractivity contribution in [3.05, 3.63) is 70.2 Å². The molecule has 0 aromatic carbocycles. The number of hydrogen-bond donors (Lipinski definition) is 0. The second kappa shape index (κ2) is 13.4. The van der Waals surface area contributed by atoms with Gasteiger partial charge in [-0.3, -0.25) is 0 Å². The largest absolute Gasteiger partial charge is 0.484 e. The summed E-state index contributed by atoms with van der Waals surface area (Å²) < 4.78 is 78.9. The van der Waals surface area contributed by atoms with Crippen LogP contribution in [0.5, 0.6) is 11.5 Å². The van der Waals surface area contributed by atoms with Crippen LogP contribution < -0.4 is 9.47 Å². The number of nitriles is 4. The molecule has 13 heteroatoms. The molecule has 228 valence electrons. The third-order valence-corrected chi connectivity index (χ3v) is 7.11. The molecule has 0 N–H and O–H groups in total. The molecule has 0 fully saturated rings. The van der Waals surface area contributed by atoms with E-state index in [1.807, 2.05) is 0 Å². The third-order valence-electron chi connectivity index (χ3n) is 5.93. The lowest BCUT2D eigenvalue weighted by molar-refractivity contribution is 0.0228. The molecule has 0 saturated carbocycles. The predicted molar refractivity (Wildman–Crippen MR) is 156 cm³/mol. The Bertz CT molecular complexity index is 1720. The van der Waals surface area contributed by atoms with Crippen LogP contribution in [0, 0.1) is 45.3 Å². The van der Waals surface area contributed by atoms with Crippen molar-refractivity contribution in [3.8, 4) is 57.1 Å². The highest BCUT2D eigenvalue weighted by molar-refractivity contribution is 7.19. The molecule has 0 aliphatic carbocycles. The number of halogens is 4. The van der Waals surface area contributed by atoms with Crippen LogP contribution in [-0.4, -0.2) is 25.1 Å². The topological polar surface area (TPSA) is 140 Å². The second-order valence-corrected chi connectivity index (χ2v) is 11.0. The molecule has 3 aromatic rings. The van der Waals surface area contributed by atoms with E-state index in [4.69, 9.17) is 39.4 Å². The molecular weight excluding hydrogens is 612 g/mol. The number of fused-ring (bicyclic) bond motifs is 1. The smallest absolute Gasteiger partial charge is 0.249 e. The minimum absolute atomic E-state index is 0.0119. The predicted octanol–water partition coefficient (Wildman–Crippen LogP) is 8.84. The average molecular weight is 635 g/mol. The molecule has 4 heterocycles. The number of alkyl halides is 4. The molecule has 0 amide bonds. The molecule has 3 aromatic heterocycles. The van der Waals surface area contributed by atoms with E-state index in [2.05, 4.69) is 0 Å². The van der Waals surface area contributed by atoms with Crippen LogP contribution in [0.15, 0.2) is 67.5 Å². The van der Waals surface area contributed by atoms with Gasteiger partial charge in [-0.1, -0.05) is 0 Å². The van der Waals surface area contributed by atoms with Gasteiger partial charge in [0.05, 0.1) is 0 Å². The molecular formula is C32H22F4N4O4S. The Morgan fingerprint density at radius 3 is 1.42 bits per heavy atom. The quantitative estimate of drug-likeness (QED) is 0.122. The highest BCUT2D eigenvalue weighted by Crippen LogP contribution is 2.54. The summed E-state index contributed by atoms with van der Waals surface area (Å²) in [5.41, 5.74) is -0.653. The van der Waals surface area contributed by atoms with Crippen LogP contribution in [0.1, 0.15) is 38.2 Å². The average Bonchev–Trinajstić information content (AvgIpc) is 3.71. The van der Waals surface area contributed by atoms with Gasteiger partial charge in [0.25, 0.3) is 0 Å². The van der Waals surface area contributed by atoms with Gasteiger partial charge >= 0.3 is 0 Å². The summed E-state index contributed by atoms with van der Waals surface area (Å²) in [6, 6.07) is 12.9. The van der Waals surface area contributed by atoms with E-state index >= 15 is 0 Å². The highest BCUT2D eigenvalue weighted by atomic mass is 32.1. The SMILES string of the molecule is CC(F)(F)C/C(C=C(C#N)C#N)=C/c1ccc(-c2sc(-c3ccc(/C=C(\C=C(C#N)C#N)CC(C)(F)F)o3)c3c2OCCO3)o1. The fraction of sp³-hybridized carbons (Fsp3) is 0.250. The first kappa shape index (κ1) is 32.4. The molecule has 1 aliphatic rings. The number of rotatable bonds is 10. The molecule has 0 atom stereocenters.